The second-order valence-electron chi connectivity index (χ2n) is 10.0. The van der Waals surface area contributed by atoms with Crippen LogP contribution in [0.5, 0.6) is 5.75 Å². The molecular formula is C30H26ClN3O4. The number of amides is 3. The Morgan fingerprint density at radius 2 is 1.66 bits per heavy atom. The van der Waals surface area contributed by atoms with Crippen molar-refractivity contribution in [1.29, 1.82) is 0 Å². The first-order chi connectivity index (χ1) is 18.3. The van der Waals surface area contributed by atoms with Gasteiger partial charge in [0.15, 0.2) is 0 Å². The molecule has 7 nitrogen and oxygen atoms in total. The number of carbonyl (C=O) groups is 3. The van der Waals surface area contributed by atoms with Gasteiger partial charge in [-0.2, -0.15) is 0 Å². The Labute approximate surface area is 225 Å². The second-order valence-corrected chi connectivity index (χ2v) is 10.5. The van der Waals surface area contributed by atoms with Gasteiger partial charge in [-0.1, -0.05) is 41.9 Å². The number of nitrogens with zero attached hydrogens (tertiary/aromatic N) is 2. The first-order valence-corrected chi connectivity index (χ1v) is 12.8. The normalized spacial score (nSPS) is 23.3. The highest BCUT2D eigenvalue weighted by molar-refractivity contribution is 6.31. The lowest BCUT2D eigenvalue weighted by atomic mass is 9.84. The molecule has 0 bridgehead atoms. The summed E-state index contributed by atoms with van der Waals surface area (Å²) in [6.45, 7) is 3.86. The Balaban J connectivity index is 1.45. The van der Waals surface area contributed by atoms with Crippen molar-refractivity contribution in [3.8, 4) is 5.75 Å². The van der Waals surface area contributed by atoms with E-state index in [1.165, 1.54) is 12.0 Å². The molecule has 1 N–H and O–H groups in total. The third-order valence-corrected chi connectivity index (χ3v) is 7.85. The van der Waals surface area contributed by atoms with E-state index in [0.717, 1.165) is 22.3 Å². The summed E-state index contributed by atoms with van der Waals surface area (Å²) >= 11 is 6.19. The van der Waals surface area contributed by atoms with Crippen molar-refractivity contribution in [3.63, 3.8) is 0 Å². The van der Waals surface area contributed by atoms with Gasteiger partial charge in [0.25, 0.3) is 0 Å². The summed E-state index contributed by atoms with van der Waals surface area (Å²) in [7, 11) is 1.51. The highest BCUT2D eigenvalue weighted by atomic mass is 35.5. The maximum Gasteiger partial charge on any atom is 0.248 e. The molecule has 0 spiro atoms. The molecule has 3 aromatic carbocycles. The highest BCUT2D eigenvalue weighted by Gasteiger charge is 2.64. The predicted molar refractivity (Wildman–Crippen MR) is 146 cm³/mol. The molecule has 8 heteroatoms. The molecule has 3 heterocycles. The fourth-order valence-electron chi connectivity index (χ4n) is 6.18. The number of imide groups is 1. The number of benzene rings is 3. The van der Waals surface area contributed by atoms with Crippen molar-refractivity contribution in [2.45, 2.75) is 25.9 Å². The molecule has 2 saturated heterocycles. The van der Waals surface area contributed by atoms with E-state index in [1.807, 2.05) is 73.5 Å². The van der Waals surface area contributed by atoms with Crippen LogP contribution in [0.1, 0.15) is 28.3 Å². The SMILES string of the molecule is COc1ccc(Cl)cc1NC(=O)[C@@H]1[C@@H]2C(=O)N(c3cc(C)cc(C)c3)C(=O)[C@@H]2[C@H]2c3ccccc3C=CN12. The Morgan fingerprint density at radius 3 is 2.39 bits per heavy atom. The fraction of sp³-hybridized carbons (Fsp3) is 0.233. The number of anilines is 2. The average Bonchev–Trinajstić information content (AvgIpc) is 3.36. The van der Waals surface area contributed by atoms with Gasteiger partial charge in [-0.25, -0.2) is 4.90 Å². The number of halogens is 1. The number of hydrogen-bond acceptors (Lipinski definition) is 5. The van der Waals surface area contributed by atoms with Gasteiger partial charge in [-0.05, 0) is 72.5 Å². The Morgan fingerprint density at radius 1 is 0.947 bits per heavy atom. The van der Waals surface area contributed by atoms with E-state index in [4.69, 9.17) is 16.3 Å². The molecule has 0 saturated carbocycles. The largest absolute Gasteiger partial charge is 0.495 e. The van der Waals surface area contributed by atoms with Crippen LogP contribution >= 0.6 is 11.6 Å². The van der Waals surface area contributed by atoms with Crippen LogP contribution in [0, 0.1) is 25.7 Å². The first-order valence-electron chi connectivity index (χ1n) is 12.4. The zero-order valence-electron chi connectivity index (χ0n) is 21.1. The highest BCUT2D eigenvalue weighted by Crippen LogP contribution is 2.53. The van der Waals surface area contributed by atoms with Crippen LogP contribution in [0.25, 0.3) is 6.08 Å². The van der Waals surface area contributed by atoms with Crippen LogP contribution in [0.15, 0.2) is 66.9 Å². The quantitative estimate of drug-likeness (QED) is 0.476. The van der Waals surface area contributed by atoms with E-state index in [-0.39, 0.29) is 11.8 Å². The molecule has 3 aliphatic heterocycles. The van der Waals surface area contributed by atoms with E-state index in [0.29, 0.717) is 22.1 Å². The number of ether oxygens (including phenoxy) is 1. The zero-order valence-corrected chi connectivity index (χ0v) is 21.9. The van der Waals surface area contributed by atoms with Crippen molar-refractivity contribution in [2.75, 3.05) is 17.3 Å². The van der Waals surface area contributed by atoms with Gasteiger partial charge in [-0.3, -0.25) is 14.4 Å². The molecule has 3 aromatic rings. The summed E-state index contributed by atoms with van der Waals surface area (Å²) in [5, 5.41) is 3.35. The molecule has 0 aliphatic carbocycles. The molecule has 192 valence electrons. The van der Waals surface area contributed by atoms with Gasteiger partial charge in [0.2, 0.25) is 17.7 Å². The lowest BCUT2D eigenvalue weighted by Crippen LogP contribution is -2.46. The monoisotopic (exact) mass is 527 g/mol. The number of carbonyl (C=O) groups excluding carboxylic acids is 3. The Hall–Kier alpha value is -4.10. The summed E-state index contributed by atoms with van der Waals surface area (Å²) in [5.41, 5.74) is 4.72. The molecule has 4 atom stereocenters. The lowest BCUT2D eigenvalue weighted by Gasteiger charge is -2.35. The zero-order chi connectivity index (χ0) is 26.7. The van der Waals surface area contributed by atoms with Crippen molar-refractivity contribution in [3.05, 3.63) is 94.1 Å². The molecule has 3 amide bonds. The summed E-state index contributed by atoms with van der Waals surface area (Å²) < 4.78 is 5.41. The Kier molecular flexibility index (Phi) is 5.76. The first kappa shape index (κ1) is 24.2. The van der Waals surface area contributed by atoms with Crippen molar-refractivity contribution in [1.82, 2.24) is 4.90 Å². The van der Waals surface area contributed by atoms with Crippen LogP contribution in [-0.2, 0) is 14.4 Å². The van der Waals surface area contributed by atoms with E-state index in [1.54, 1.807) is 18.2 Å². The standard InChI is InChI=1S/C30H26ClN3O4/c1-16-12-17(2)14-20(13-16)34-29(36)24-25(30(34)37)27(28(35)32-22-15-19(31)8-9-23(22)38-3)33-11-10-18-6-4-5-7-21(18)26(24)33/h4-15,24-27H,1-3H3,(H,32,35)/t24-,25+,26+,27-/m0/s1. The van der Waals surface area contributed by atoms with Crippen LogP contribution < -0.4 is 15.0 Å². The molecular weight excluding hydrogens is 502 g/mol. The summed E-state index contributed by atoms with van der Waals surface area (Å²) in [6.07, 6.45) is 3.75. The number of aryl methyl sites for hydroxylation is 2. The van der Waals surface area contributed by atoms with Crippen molar-refractivity contribution in [2.24, 2.45) is 11.8 Å². The van der Waals surface area contributed by atoms with Gasteiger partial charge in [0.1, 0.15) is 11.8 Å². The molecule has 38 heavy (non-hydrogen) atoms. The second kappa shape index (κ2) is 9.03. The predicted octanol–water partition coefficient (Wildman–Crippen LogP) is 5.12. The number of fused-ring (bicyclic) bond motifs is 5. The molecule has 3 aliphatic rings. The van der Waals surface area contributed by atoms with Crippen molar-refractivity contribution < 1.29 is 19.1 Å². The molecule has 2 fully saturated rings. The number of hydrogen-bond donors (Lipinski definition) is 1. The Bertz CT molecular complexity index is 1510. The minimum absolute atomic E-state index is 0.291. The van der Waals surface area contributed by atoms with Crippen LogP contribution in [0.4, 0.5) is 11.4 Å². The summed E-state index contributed by atoms with van der Waals surface area (Å²) in [5.74, 6) is -2.21. The topological polar surface area (TPSA) is 79.0 Å². The van der Waals surface area contributed by atoms with E-state index < -0.39 is 29.8 Å². The fourth-order valence-corrected chi connectivity index (χ4v) is 6.35. The van der Waals surface area contributed by atoms with Crippen molar-refractivity contribution >= 4 is 46.8 Å². The van der Waals surface area contributed by atoms with Crippen LogP contribution in [-0.4, -0.2) is 35.8 Å². The molecule has 0 unspecified atom stereocenters. The van der Waals surface area contributed by atoms with Crippen LogP contribution in [0.3, 0.4) is 0 Å². The minimum Gasteiger partial charge on any atom is -0.495 e. The van der Waals surface area contributed by atoms with E-state index in [9.17, 15) is 14.4 Å². The summed E-state index contributed by atoms with van der Waals surface area (Å²) in [4.78, 5) is 45.2. The number of nitrogens with one attached hydrogen (secondary N) is 1. The van der Waals surface area contributed by atoms with Gasteiger partial charge in [0.05, 0.1) is 36.4 Å². The van der Waals surface area contributed by atoms with Gasteiger partial charge in [-0.15, -0.1) is 0 Å². The van der Waals surface area contributed by atoms with Gasteiger partial charge >= 0.3 is 0 Å². The summed E-state index contributed by atoms with van der Waals surface area (Å²) in [6, 6.07) is 17.0. The maximum atomic E-state index is 14.0. The number of methoxy groups -OCH3 is 1. The third kappa shape index (κ3) is 3.69. The van der Waals surface area contributed by atoms with E-state index >= 15 is 0 Å². The maximum absolute atomic E-state index is 14.0. The lowest BCUT2D eigenvalue weighted by molar-refractivity contribution is -0.128. The molecule has 6 rings (SSSR count). The number of rotatable bonds is 4. The van der Waals surface area contributed by atoms with Gasteiger partial charge < -0.3 is 15.0 Å². The van der Waals surface area contributed by atoms with E-state index in [2.05, 4.69) is 5.32 Å². The smallest absolute Gasteiger partial charge is 0.248 e. The third-order valence-electron chi connectivity index (χ3n) is 7.61. The van der Waals surface area contributed by atoms with Gasteiger partial charge in [0, 0.05) is 11.2 Å². The average molecular weight is 528 g/mol. The molecule has 0 aromatic heterocycles. The van der Waals surface area contributed by atoms with Crippen LogP contribution in [0.2, 0.25) is 5.02 Å². The molecule has 0 radical (unpaired) electrons. The minimum atomic E-state index is -0.911.